The van der Waals surface area contributed by atoms with E-state index in [9.17, 15) is 14.7 Å². The van der Waals surface area contributed by atoms with Crippen LogP contribution in [0.3, 0.4) is 0 Å². The zero-order valence-corrected chi connectivity index (χ0v) is 23.6. The smallest absolute Gasteiger partial charge is 0.303 e. The molecular weight excluding hydrogens is 520 g/mol. The highest BCUT2D eigenvalue weighted by Crippen LogP contribution is 2.38. The second-order valence-corrected chi connectivity index (χ2v) is 10.7. The lowest BCUT2D eigenvalue weighted by molar-refractivity contribution is -0.252. The maximum absolute atomic E-state index is 12.5. The van der Waals surface area contributed by atoms with Gasteiger partial charge in [0, 0.05) is 43.6 Å². The van der Waals surface area contributed by atoms with E-state index in [2.05, 4.69) is 29.4 Å². The van der Waals surface area contributed by atoms with Gasteiger partial charge < -0.3 is 25.0 Å². The van der Waals surface area contributed by atoms with Crippen molar-refractivity contribution < 1.29 is 29.3 Å². The van der Waals surface area contributed by atoms with Crippen LogP contribution in [0.4, 0.5) is 5.69 Å². The number of carboxylic acid groups (broad SMARTS) is 1. The lowest BCUT2D eigenvalue weighted by Gasteiger charge is -2.38. The maximum Gasteiger partial charge on any atom is 0.303 e. The molecule has 41 heavy (non-hydrogen) atoms. The number of likely N-dealkylation sites (N-methyl/N-ethyl adjacent to an activating group) is 1. The van der Waals surface area contributed by atoms with Crippen molar-refractivity contribution >= 4 is 17.6 Å². The normalized spacial score (nSPS) is 18.8. The number of aliphatic hydroxyl groups is 1. The quantitative estimate of drug-likeness (QED) is 0.213. The van der Waals surface area contributed by atoms with Crippen LogP contribution in [-0.4, -0.2) is 46.7 Å². The number of nitrogens with zero attached hydrogens (tertiary/aromatic N) is 1. The summed E-state index contributed by atoms with van der Waals surface area (Å²) >= 11 is 0. The van der Waals surface area contributed by atoms with Gasteiger partial charge in [0.15, 0.2) is 6.29 Å². The van der Waals surface area contributed by atoms with Crippen molar-refractivity contribution in [2.75, 3.05) is 18.9 Å². The van der Waals surface area contributed by atoms with Gasteiger partial charge in [0.05, 0.1) is 18.8 Å². The summed E-state index contributed by atoms with van der Waals surface area (Å²) in [4.78, 5) is 25.4. The number of anilines is 1. The molecule has 3 aromatic carbocycles. The number of hydrogen-bond acceptors (Lipinski definition) is 6. The molecule has 3 atom stereocenters. The zero-order valence-electron chi connectivity index (χ0n) is 23.6. The van der Waals surface area contributed by atoms with E-state index < -0.39 is 12.3 Å². The molecule has 1 aliphatic heterocycles. The van der Waals surface area contributed by atoms with Gasteiger partial charge in [0.1, 0.15) is 0 Å². The summed E-state index contributed by atoms with van der Waals surface area (Å²) < 4.78 is 13.0. The molecule has 1 amide bonds. The van der Waals surface area contributed by atoms with Crippen LogP contribution in [0.5, 0.6) is 0 Å². The lowest BCUT2D eigenvalue weighted by atomic mass is 9.99. The average Bonchev–Trinajstić information content (AvgIpc) is 2.97. The van der Waals surface area contributed by atoms with E-state index in [0.717, 1.165) is 29.8 Å². The van der Waals surface area contributed by atoms with E-state index >= 15 is 0 Å². The van der Waals surface area contributed by atoms with E-state index in [4.69, 9.17) is 14.6 Å². The van der Waals surface area contributed by atoms with Gasteiger partial charge in [-0.15, -0.1) is 0 Å². The number of nitrogens with one attached hydrogen (secondary N) is 1. The van der Waals surface area contributed by atoms with E-state index in [1.807, 2.05) is 66.7 Å². The first-order chi connectivity index (χ1) is 19.9. The number of amides is 1. The number of rotatable bonds is 14. The van der Waals surface area contributed by atoms with Crippen LogP contribution >= 0.6 is 0 Å². The number of unbranched alkanes of at least 4 members (excludes halogenated alkanes) is 2. The fourth-order valence-electron chi connectivity index (χ4n) is 5.07. The lowest BCUT2D eigenvalue weighted by Crippen LogP contribution is -2.37. The van der Waals surface area contributed by atoms with Crippen molar-refractivity contribution in [1.29, 1.82) is 0 Å². The summed E-state index contributed by atoms with van der Waals surface area (Å²) in [6, 6.07) is 25.7. The van der Waals surface area contributed by atoms with Crippen LogP contribution in [0, 0.1) is 0 Å². The highest BCUT2D eigenvalue weighted by atomic mass is 16.7. The first kappa shape index (κ1) is 30.4. The predicted octanol–water partition coefficient (Wildman–Crippen LogP) is 5.83. The number of ether oxygens (including phenoxy) is 2. The minimum atomic E-state index is -0.812. The molecule has 1 fully saturated rings. The van der Waals surface area contributed by atoms with Gasteiger partial charge in [-0.05, 0) is 48.7 Å². The Balaban J connectivity index is 1.43. The van der Waals surface area contributed by atoms with Crippen LogP contribution in [0.15, 0.2) is 78.9 Å². The number of hydrogen-bond donors (Lipinski definition) is 3. The topological polar surface area (TPSA) is 108 Å². The number of aliphatic hydroxyl groups excluding tert-OH is 1. The van der Waals surface area contributed by atoms with Crippen molar-refractivity contribution in [3.05, 3.63) is 101 Å². The van der Waals surface area contributed by atoms with E-state index in [1.165, 1.54) is 5.56 Å². The van der Waals surface area contributed by atoms with Gasteiger partial charge in [0.25, 0.3) is 0 Å². The first-order valence-corrected chi connectivity index (χ1v) is 14.2. The minimum absolute atomic E-state index is 0.00864. The predicted molar refractivity (Wildman–Crippen MR) is 157 cm³/mol. The van der Waals surface area contributed by atoms with Crippen LogP contribution in [0.25, 0.3) is 0 Å². The Bertz CT molecular complexity index is 1250. The molecule has 0 unspecified atom stereocenters. The van der Waals surface area contributed by atoms with Gasteiger partial charge in [-0.2, -0.15) is 0 Å². The molecule has 3 N–H and O–H groups in total. The third kappa shape index (κ3) is 9.79. The molecule has 0 saturated carbocycles. The van der Waals surface area contributed by atoms with Crippen LogP contribution in [-0.2, 0) is 32.2 Å². The number of carbonyl (C=O) groups excluding carboxylic acids is 1. The Morgan fingerprint density at radius 1 is 0.878 bits per heavy atom. The Morgan fingerprint density at radius 2 is 1.63 bits per heavy atom. The van der Waals surface area contributed by atoms with Crippen molar-refractivity contribution in [2.45, 2.75) is 70.2 Å². The maximum atomic E-state index is 12.5. The molecule has 0 aromatic heterocycles. The second-order valence-electron chi connectivity index (χ2n) is 10.7. The highest BCUT2D eigenvalue weighted by molar-refractivity contribution is 5.90. The molecule has 0 spiro atoms. The van der Waals surface area contributed by atoms with Gasteiger partial charge in [-0.1, -0.05) is 73.2 Å². The third-order valence-electron chi connectivity index (χ3n) is 7.16. The summed E-state index contributed by atoms with van der Waals surface area (Å²) in [5.41, 5.74) is 4.59. The van der Waals surface area contributed by atoms with Crippen molar-refractivity contribution in [3.8, 4) is 0 Å². The molecule has 4 rings (SSSR count). The van der Waals surface area contributed by atoms with Gasteiger partial charge in [-0.3, -0.25) is 14.5 Å². The highest BCUT2D eigenvalue weighted by Gasteiger charge is 2.33. The number of carbonyl (C=O) groups is 2. The Labute approximate surface area is 241 Å². The molecule has 3 aromatic rings. The molecule has 1 heterocycles. The SMILES string of the molecule is CN(Cc1ccccc1)C[C@@H]1C[C@H](c2ccc(CO)cc2)O[C@H](c2cccc(NC(=O)CCCCCC(=O)O)c2)O1. The average molecular weight is 561 g/mol. The van der Waals surface area contributed by atoms with Gasteiger partial charge >= 0.3 is 5.97 Å². The van der Waals surface area contributed by atoms with E-state index in [0.29, 0.717) is 37.8 Å². The van der Waals surface area contributed by atoms with Gasteiger partial charge in [0.2, 0.25) is 5.91 Å². The number of aliphatic carboxylic acids is 1. The summed E-state index contributed by atoms with van der Waals surface area (Å²) in [6.45, 7) is 1.52. The first-order valence-electron chi connectivity index (χ1n) is 14.2. The standard InChI is InChI=1S/C33H40N2O6/c1-35(21-24-9-4-2-5-10-24)22-29-20-30(26-17-15-25(23-36)16-18-26)41-33(40-29)27-11-8-12-28(19-27)34-31(37)13-6-3-7-14-32(38)39/h2,4-5,8-12,15-19,29-30,33,36H,3,6-7,13-14,20-23H2,1H3,(H,34,37)(H,38,39)/t29-,30+,33+/m0/s1. The monoisotopic (exact) mass is 560 g/mol. The van der Waals surface area contributed by atoms with Gasteiger partial charge in [-0.25, -0.2) is 0 Å². The summed E-state index contributed by atoms with van der Waals surface area (Å²) in [6.07, 6.45) is 2.16. The minimum Gasteiger partial charge on any atom is -0.481 e. The summed E-state index contributed by atoms with van der Waals surface area (Å²) in [7, 11) is 2.09. The Hall–Kier alpha value is -3.56. The molecule has 1 aliphatic rings. The summed E-state index contributed by atoms with van der Waals surface area (Å²) in [5.74, 6) is -0.918. The second kappa shape index (κ2) is 15.4. The molecule has 8 nitrogen and oxygen atoms in total. The Morgan fingerprint density at radius 3 is 2.37 bits per heavy atom. The molecule has 0 aliphatic carbocycles. The summed E-state index contributed by atoms with van der Waals surface area (Å²) in [5, 5.41) is 21.2. The molecule has 1 saturated heterocycles. The molecule has 0 bridgehead atoms. The fraction of sp³-hybridized carbons (Fsp3) is 0.394. The number of carboxylic acids is 1. The molecule has 0 radical (unpaired) electrons. The van der Waals surface area contributed by atoms with Crippen LogP contribution in [0.1, 0.15) is 73.2 Å². The molecule has 8 heteroatoms. The molecular formula is C33H40N2O6. The largest absolute Gasteiger partial charge is 0.481 e. The molecule has 218 valence electrons. The van der Waals surface area contributed by atoms with E-state index in [-0.39, 0.29) is 31.1 Å². The Kier molecular flexibility index (Phi) is 11.5. The number of benzene rings is 3. The van der Waals surface area contributed by atoms with Crippen molar-refractivity contribution in [2.24, 2.45) is 0 Å². The van der Waals surface area contributed by atoms with E-state index in [1.54, 1.807) is 0 Å². The van der Waals surface area contributed by atoms with Crippen LogP contribution < -0.4 is 5.32 Å². The van der Waals surface area contributed by atoms with Crippen molar-refractivity contribution in [1.82, 2.24) is 4.90 Å². The van der Waals surface area contributed by atoms with Crippen molar-refractivity contribution in [3.63, 3.8) is 0 Å². The fourth-order valence-corrected chi connectivity index (χ4v) is 5.07. The zero-order chi connectivity index (χ0) is 29.0. The third-order valence-corrected chi connectivity index (χ3v) is 7.16. The van der Waals surface area contributed by atoms with Crippen LogP contribution in [0.2, 0.25) is 0 Å².